The molecule has 0 unspecified atom stereocenters. The normalized spacial score (nSPS) is 16.3. The zero-order valence-corrected chi connectivity index (χ0v) is 20.5. The number of amides is 1. The lowest BCUT2D eigenvalue weighted by Crippen LogP contribution is -2.32. The van der Waals surface area contributed by atoms with Crippen molar-refractivity contribution in [1.29, 1.82) is 0 Å². The van der Waals surface area contributed by atoms with Crippen molar-refractivity contribution in [2.45, 2.75) is 50.7 Å². The van der Waals surface area contributed by atoms with Crippen LogP contribution >= 0.6 is 11.8 Å². The number of nitrogens with one attached hydrogen (secondary N) is 1. The molecule has 0 aliphatic carbocycles. The molecular formula is C25H32N6O2S. The van der Waals surface area contributed by atoms with E-state index in [1.54, 1.807) is 6.26 Å². The van der Waals surface area contributed by atoms with Gasteiger partial charge in [-0.1, -0.05) is 11.8 Å². The number of hydrogen-bond acceptors (Lipinski definition) is 7. The first-order chi connectivity index (χ1) is 16.7. The highest BCUT2D eigenvalue weighted by molar-refractivity contribution is 7.99. The number of aryl methyl sites for hydroxylation is 1. The monoisotopic (exact) mass is 480 g/mol. The van der Waals surface area contributed by atoms with E-state index in [0.29, 0.717) is 6.54 Å². The summed E-state index contributed by atoms with van der Waals surface area (Å²) in [4.78, 5) is 17.5. The average Bonchev–Trinajstić information content (AvgIpc) is 3.62. The number of carbonyl (C=O) groups is 1. The second-order valence-corrected chi connectivity index (χ2v) is 9.97. The third kappa shape index (κ3) is 5.24. The molecule has 34 heavy (non-hydrogen) atoms. The van der Waals surface area contributed by atoms with Crippen molar-refractivity contribution >= 4 is 35.0 Å². The minimum absolute atomic E-state index is 0.0506. The predicted molar refractivity (Wildman–Crippen MR) is 136 cm³/mol. The molecule has 180 valence electrons. The van der Waals surface area contributed by atoms with Crippen LogP contribution < -0.4 is 15.1 Å². The Morgan fingerprint density at radius 3 is 2.53 bits per heavy atom. The molecule has 3 aromatic rings. The fraction of sp³-hybridized carbons (Fsp3) is 0.480. The number of aromatic nitrogens is 3. The Morgan fingerprint density at radius 1 is 1.03 bits per heavy atom. The fourth-order valence-corrected chi connectivity index (χ4v) is 5.52. The molecule has 2 aliphatic rings. The van der Waals surface area contributed by atoms with E-state index in [1.165, 1.54) is 42.3 Å². The summed E-state index contributed by atoms with van der Waals surface area (Å²) < 4.78 is 7.65. The van der Waals surface area contributed by atoms with Gasteiger partial charge in [0.15, 0.2) is 5.16 Å². The largest absolute Gasteiger partial charge is 0.467 e. The van der Waals surface area contributed by atoms with Crippen molar-refractivity contribution in [3.05, 3.63) is 47.9 Å². The molecule has 0 spiro atoms. The maximum Gasteiger partial charge on any atom is 0.234 e. The summed E-state index contributed by atoms with van der Waals surface area (Å²) in [6.07, 6.45) is 7.75. The zero-order chi connectivity index (χ0) is 23.3. The topological polar surface area (TPSA) is 79.4 Å². The molecule has 8 nitrogen and oxygen atoms in total. The van der Waals surface area contributed by atoms with Crippen LogP contribution in [-0.4, -0.2) is 52.6 Å². The molecule has 1 aromatic carbocycles. The Balaban J connectivity index is 1.24. The van der Waals surface area contributed by atoms with Gasteiger partial charge in [0, 0.05) is 37.6 Å². The smallest absolute Gasteiger partial charge is 0.234 e. The van der Waals surface area contributed by atoms with E-state index in [4.69, 9.17) is 4.42 Å². The Morgan fingerprint density at radius 2 is 1.79 bits per heavy atom. The van der Waals surface area contributed by atoms with Crippen molar-refractivity contribution in [2.24, 2.45) is 0 Å². The molecule has 1 N–H and O–H groups in total. The zero-order valence-electron chi connectivity index (χ0n) is 19.7. The van der Waals surface area contributed by atoms with E-state index < -0.39 is 0 Å². The lowest BCUT2D eigenvalue weighted by atomic mass is 10.1. The number of nitrogens with zero attached hydrogens (tertiary/aromatic N) is 5. The SMILES string of the molecule is Cc1cc(NC(=O)CSc2nnc(N3CCCCC3)n2Cc2ccco2)ccc1N1CCCC1. The second kappa shape index (κ2) is 10.5. The molecular weight excluding hydrogens is 448 g/mol. The molecule has 0 bridgehead atoms. The van der Waals surface area contributed by atoms with E-state index in [0.717, 1.165) is 61.6 Å². The predicted octanol–water partition coefficient (Wildman–Crippen LogP) is 4.55. The number of thioether (sulfide) groups is 1. The molecule has 0 atom stereocenters. The van der Waals surface area contributed by atoms with E-state index >= 15 is 0 Å². The van der Waals surface area contributed by atoms with Gasteiger partial charge in [0.2, 0.25) is 11.9 Å². The third-order valence-electron chi connectivity index (χ3n) is 6.49. The first kappa shape index (κ1) is 22.8. The van der Waals surface area contributed by atoms with Crippen LogP contribution in [0.1, 0.15) is 43.4 Å². The third-order valence-corrected chi connectivity index (χ3v) is 7.46. The number of carbonyl (C=O) groups excluding carboxylic acids is 1. The Bertz CT molecular complexity index is 1100. The van der Waals surface area contributed by atoms with Crippen molar-refractivity contribution in [2.75, 3.05) is 47.0 Å². The molecule has 2 aliphatic heterocycles. The Kier molecular flexibility index (Phi) is 7.08. The van der Waals surface area contributed by atoms with Crippen LogP contribution in [0.4, 0.5) is 17.3 Å². The maximum atomic E-state index is 12.7. The van der Waals surface area contributed by atoms with Crippen LogP contribution in [0.25, 0.3) is 0 Å². The van der Waals surface area contributed by atoms with E-state index in [-0.39, 0.29) is 11.7 Å². The quantitative estimate of drug-likeness (QED) is 0.474. The van der Waals surface area contributed by atoms with Crippen molar-refractivity contribution < 1.29 is 9.21 Å². The van der Waals surface area contributed by atoms with Gasteiger partial charge in [-0.25, -0.2) is 0 Å². The first-order valence-electron chi connectivity index (χ1n) is 12.2. The lowest BCUT2D eigenvalue weighted by molar-refractivity contribution is -0.113. The van der Waals surface area contributed by atoms with Crippen LogP contribution in [0.3, 0.4) is 0 Å². The van der Waals surface area contributed by atoms with Gasteiger partial charge in [-0.2, -0.15) is 0 Å². The first-order valence-corrected chi connectivity index (χ1v) is 13.1. The van der Waals surface area contributed by atoms with Crippen LogP contribution in [0, 0.1) is 6.92 Å². The average molecular weight is 481 g/mol. The molecule has 0 radical (unpaired) electrons. The Labute approximate surface area is 204 Å². The summed E-state index contributed by atoms with van der Waals surface area (Å²) >= 11 is 1.41. The number of furan rings is 1. The summed E-state index contributed by atoms with van der Waals surface area (Å²) in [5.74, 6) is 1.92. The standard InChI is InChI=1S/C25H32N6O2S/c1-19-16-20(9-10-22(19)29-11-5-6-12-29)26-23(32)18-34-25-28-27-24(30-13-3-2-4-14-30)31(25)17-21-8-7-15-33-21/h7-10,15-16H,2-6,11-14,17-18H2,1H3,(H,26,32). The van der Waals surface area contributed by atoms with Gasteiger partial charge in [0.05, 0.1) is 18.6 Å². The molecule has 4 heterocycles. The van der Waals surface area contributed by atoms with Gasteiger partial charge < -0.3 is 19.5 Å². The van der Waals surface area contributed by atoms with Gasteiger partial charge in [0.25, 0.3) is 0 Å². The lowest BCUT2D eigenvalue weighted by Gasteiger charge is -2.27. The number of hydrogen-bond donors (Lipinski definition) is 1. The van der Waals surface area contributed by atoms with Crippen LogP contribution in [0.5, 0.6) is 0 Å². The number of anilines is 3. The fourth-order valence-electron chi connectivity index (χ4n) is 4.79. The van der Waals surface area contributed by atoms with Gasteiger partial charge >= 0.3 is 0 Å². The summed E-state index contributed by atoms with van der Waals surface area (Å²) in [6.45, 7) is 6.84. The molecule has 2 fully saturated rings. The highest BCUT2D eigenvalue weighted by Gasteiger charge is 2.22. The van der Waals surface area contributed by atoms with Crippen LogP contribution in [0.15, 0.2) is 46.2 Å². The van der Waals surface area contributed by atoms with E-state index in [2.05, 4.69) is 48.9 Å². The van der Waals surface area contributed by atoms with Crippen molar-refractivity contribution in [3.63, 3.8) is 0 Å². The summed E-state index contributed by atoms with van der Waals surface area (Å²) in [6, 6.07) is 10.0. The summed E-state index contributed by atoms with van der Waals surface area (Å²) in [5, 5.41) is 12.7. The van der Waals surface area contributed by atoms with Crippen molar-refractivity contribution in [3.8, 4) is 0 Å². The minimum atomic E-state index is -0.0506. The van der Waals surface area contributed by atoms with Gasteiger partial charge in [-0.3, -0.25) is 9.36 Å². The molecule has 0 saturated carbocycles. The second-order valence-electron chi connectivity index (χ2n) is 9.03. The van der Waals surface area contributed by atoms with E-state index in [1.807, 2.05) is 18.2 Å². The molecule has 2 aromatic heterocycles. The minimum Gasteiger partial charge on any atom is -0.467 e. The van der Waals surface area contributed by atoms with Gasteiger partial charge in [0.1, 0.15) is 5.76 Å². The van der Waals surface area contributed by atoms with Gasteiger partial charge in [-0.15, -0.1) is 10.2 Å². The molecule has 5 rings (SSSR count). The number of rotatable bonds is 8. The molecule has 2 saturated heterocycles. The Hall–Kier alpha value is -2.94. The van der Waals surface area contributed by atoms with Gasteiger partial charge in [-0.05, 0) is 74.9 Å². The number of benzene rings is 1. The highest BCUT2D eigenvalue weighted by atomic mass is 32.2. The maximum absolute atomic E-state index is 12.7. The molecule has 9 heteroatoms. The number of piperidine rings is 1. The van der Waals surface area contributed by atoms with E-state index in [9.17, 15) is 4.79 Å². The summed E-state index contributed by atoms with van der Waals surface area (Å²) in [5.41, 5.74) is 3.29. The highest BCUT2D eigenvalue weighted by Crippen LogP contribution is 2.28. The van der Waals surface area contributed by atoms with Crippen molar-refractivity contribution in [1.82, 2.24) is 14.8 Å². The summed E-state index contributed by atoms with van der Waals surface area (Å²) in [7, 11) is 0. The molecule has 1 amide bonds. The van der Waals surface area contributed by atoms with Crippen LogP contribution in [0.2, 0.25) is 0 Å². The van der Waals surface area contributed by atoms with Crippen LogP contribution in [-0.2, 0) is 11.3 Å².